The van der Waals surface area contributed by atoms with Crippen LogP contribution in [0.3, 0.4) is 0 Å². The molecule has 0 amide bonds. The number of aromatic nitrogens is 2. The Morgan fingerprint density at radius 1 is 1.53 bits per heavy atom. The lowest BCUT2D eigenvalue weighted by Crippen LogP contribution is -2.27. The fourth-order valence-electron chi connectivity index (χ4n) is 1.68. The lowest BCUT2D eigenvalue weighted by molar-refractivity contribution is 0.749. The smallest absolute Gasteiger partial charge is 0.223 e. The molecule has 0 unspecified atom stereocenters. The van der Waals surface area contributed by atoms with Crippen molar-refractivity contribution >= 4 is 23.4 Å². The molecule has 0 aromatic carbocycles. The maximum Gasteiger partial charge on any atom is 0.223 e. The predicted octanol–water partition coefficient (Wildman–Crippen LogP) is 2.09. The molecule has 0 bridgehead atoms. The van der Waals surface area contributed by atoms with Gasteiger partial charge >= 0.3 is 0 Å². The average molecular weight is 227 g/mol. The number of nitrogen functional groups attached to an aromatic ring is 1. The molecule has 0 radical (unpaired) electrons. The van der Waals surface area contributed by atoms with Crippen LogP contribution in [0.5, 0.6) is 0 Å². The SMILES string of the molecule is CCCN(c1cc(Cl)nc(N)n1)C1CC1. The quantitative estimate of drug-likeness (QED) is 0.799. The summed E-state index contributed by atoms with van der Waals surface area (Å²) in [5.41, 5.74) is 5.58. The van der Waals surface area contributed by atoms with Crippen molar-refractivity contribution in [3.05, 3.63) is 11.2 Å². The van der Waals surface area contributed by atoms with Crippen molar-refractivity contribution in [2.45, 2.75) is 32.2 Å². The van der Waals surface area contributed by atoms with Crippen molar-refractivity contribution in [2.75, 3.05) is 17.2 Å². The molecule has 2 rings (SSSR count). The highest BCUT2D eigenvalue weighted by Gasteiger charge is 2.29. The third-order valence-electron chi connectivity index (χ3n) is 2.45. The Morgan fingerprint density at radius 2 is 2.27 bits per heavy atom. The Morgan fingerprint density at radius 3 is 2.80 bits per heavy atom. The number of anilines is 2. The molecule has 15 heavy (non-hydrogen) atoms. The zero-order valence-electron chi connectivity index (χ0n) is 8.78. The summed E-state index contributed by atoms with van der Waals surface area (Å²) in [5.74, 6) is 1.11. The van der Waals surface area contributed by atoms with Crippen LogP contribution in [-0.2, 0) is 0 Å². The molecule has 0 aliphatic heterocycles. The van der Waals surface area contributed by atoms with Crippen molar-refractivity contribution < 1.29 is 0 Å². The van der Waals surface area contributed by atoms with Gasteiger partial charge in [0, 0.05) is 18.7 Å². The highest BCUT2D eigenvalue weighted by atomic mass is 35.5. The van der Waals surface area contributed by atoms with E-state index in [4.69, 9.17) is 17.3 Å². The third kappa shape index (κ3) is 2.50. The molecule has 1 aromatic rings. The second-order valence-electron chi connectivity index (χ2n) is 3.83. The van der Waals surface area contributed by atoms with Crippen molar-refractivity contribution in [3.8, 4) is 0 Å². The molecular weight excluding hydrogens is 212 g/mol. The van der Waals surface area contributed by atoms with E-state index >= 15 is 0 Å². The first kappa shape index (κ1) is 10.5. The van der Waals surface area contributed by atoms with Gasteiger partial charge in [-0.15, -0.1) is 0 Å². The van der Waals surface area contributed by atoms with Crippen LogP contribution in [0.2, 0.25) is 5.15 Å². The normalized spacial score (nSPS) is 15.3. The molecule has 5 heteroatoms. The van der Waals surface area contributed by atoms with Crippen molar-refractivity contribution in [3.63, 3.8) is 0 Å². The molecule has 82 valence electrons. The lowest BCUT2D eigenvalue weighted by Gasteiger charge is -2.22. The first-order chi connectivity index (χ1) is 7.20. The minimum Gasteiger partial charge on any atom is -0.368 e. The molecule has 1 saturated carbocycles. The maximum atomic E-state index is 5.86. The average Bonchev–Trinajstić information content (AvgIpc) is 2.95. The predicted molar refractivity (Wildman–Crippen MR) is 62.1 cm³/mol. The Bertz CT molecular complexity index is 331. The van der Waals surface area contributed by atoms with Gasteiger partial charge in [0.15, 0.2) is 0 Å². The second-order valence-corrected chi connectivity index (χ2v) is 4.22. The summed E-state index contributed by atoms with van der Waals surface area (Å²) in [7, 11) is 0. The van der Waals surface area contributed by atoms with Crippen LogP contribution in [0.1, 0.15) is 26.2 Å². The zero-order chi connectivity index (χ0) is 10.8. The fraction of sp³-hybridized carbons (Fsp3) is 0.600. The summed E-state index contributed by atoms with van der Waals surface area (Å²) in [4.78, 5) is 10.4. The summed E-state index contributed by atoms with van der Waals surface area (Å²) < 4.78 is 0. The van der Waals surface area contributed by atoms with Gasteiger partial charge in [-0.2, -0.15) is 4.98 Å². The molecule has 1 fully saturated rings. The summed E-state index contributed by atoms with van der Waals surface area (Å²) in [6.45, 7) is 3.15. The molecule has 1 aliphatic rings. The molecule has 0 saturated heterocycles. The summed E-state index contributed by atoms with van der Waals surface area (Å²) in [6.07, 6.45) is 3.57. The van der Waals surface area contributed by atoms with E-state index < -0.39 is 0 Å². The number of hydrogen-bond acceptors (Lipinski definition) is 4. The van der Waals surface area contributed by atoms with Crippen molar-refractivity contribution in [1.82, 2.24) is 9.97 Å². The summed E-state index contributed by atoms with van der Waals surface area (Å²) in [5, 5.41) is 0.416. The van der Waals surface area contributed by atoms with Gasteiger partial charge in [0.2, 0.25) is 5.95 Å². The summed E-state index contributed by atoms with van der Waals surface area (Å²) >= 11 is 5.86. The van der Waals surface area contributed by atoms with Crippen molar-refractivity contribution in [1.29, 1.82) is 0 Å². The van der Waals surface area contributed by atoms with Gasteiger partial charge in [0.05, 0.1) is 0 Å². The van der Waals surface area contributed by atoms with Gasteiger partial charge in [-0.05, 0) is 19.3 Å². The molecule has 0 atom stereocenters. The van der Waals surface area contributed by atoms with E-state index in [0.717, 1.165) is 18.8 Å². The van der Waals surface area contributed by atoms with Gasteiger partial charge in [-0.25, -0.2) is 4.98 Å². The Labute approximate surface area is 94.5 Å². The van der Waals surface area contributed by atoms with Gasteiger partial charge in [-0.3, -0.25) is 0 Å². The largest absolute Gasteiger partial charge is 0.368 e. The molecule has 1 aliphatic carbocycles. The third-order valence-corrected chi connectivity index (χ3v) is 2.64. The second kappa shape index (κ2) is 4.23. The van der Waals surface area contributed by atoms with Crippen molar-refractivity contribution in [2.24, 2.45) is 0 Å². The highest BCUT2D eigenvalue weighted by molar-refractivity contribution is 6.29. The van der Waals surface area contributed by atoms with Gasteiger partial charge in [-0.1, -0.05) is 18.5 Å². The van der Waals surface area contributed by atoms with Crippen LogP contribution in [-0.4, -0.2) is 22.6 Å². The van der Waals surface area contributed by atoms with Crippen LogP contribution in [0.4, 0.5) is 11.8 Å². The standard InChI is InChI=1S/C10H15ClN4/c1-2-5-15(7-3-4-7)9-6-8(11)13-10(12)14-9/h6-7H,2-5H2,1H3,(H2,12,13,14). The molecule has 4 nitrogen and oxygen atoms in total. The minimum absolute atomic E-state index is 0.249. The van der Waals surface area contributed by atoms with E-state index in [0.29, 0.717) is 11.2 Å². The van der Waals surface area contributed by atoms with E-state index in [1.165, 1.54) is 12.8 Å². The zero-order valence-corrected chi connectivity index (χ0v) is 9.54. The molecular formula is C10H15ClN4. The molecule has 1 heterocycles. The Balaban J connectivity index is 2.24. The maximum absolute atomic E-state index is 5.86. The number of nitrogens with zero attached hydrogens (tertiary/aromatic N) is 3. The number of hydrogen-bond donors (Lipinski definition) is 1. The van der Waals surface area contributed by atoms with Crippen LogP contribution < -0.4 is 10.6 Å². The highest BCUT2D eigenvalue weighted by Crippen LogP contribution is 2.31. The van der Waals surface area contributed by atoms with Gasteiger partial charge in [0.25, 0.3) is 0 Å². The molecule has 2 N–H and O–H groups in total. The van der Waals surface area contributed by atoms with E-state index in [9.17, 15) is 0 Å². The van der Waals surface area contributed by atoms with E-state index in [2.05, 4.69) is 21.8 Å². The number of rotatable bonds is 4. The van der Waals surface area contributed by atoms with Crippen LogP contribution >= 0.6 is 11.6 Å². The van der Waals surface area contributed by atoms with Gasteiger partial charge in [0.1, 0.15) is 11.0 Å². The summed E-state index contributed by atoms with van der Waals surface area (Å²) in [6, 6.07) is 2.40. The fourth-order valence-corrected chi connectivity index (χ4v) is 1.87. The number of nitrogens with two attached hydrogens (primary N) is 1. The Kier molecular flexibility index (Phi) is 2.95. The minimum atomic E-state index is 0.249. The molecule has 1 aromatic heterocycles. The van der Waals surface area contributed by atoms with E-state index in [-0.39, 0.29) is 5.95 Å². The van der Waals surface area contributed by atoms with Crippen LogP contribution in [0, 0.1) is 0 Å². The van der Waals surface area contributed by atoms with Gasteiger partial charge < -0.3 is 10.6 Å². The first-order valence-electron chi connectivity index (χ1n) is 5.27. The monoisotopic (exact) mass is 226 g/mol. The first-order valence-corrected chi connectivity index (χ1v) is 5.65. The lowest BCUT2D eigenvalue weighted by atomic mass is 10.4. The molecule has 0 spiro atoms. The number of halogens is 1. The van der Waals surface area contributed by atoms with Crippen LogP contribution in [0.15, 0.2) is 6.07 Å². The Hall–Kier alpha value is -1.03. The van der Waals surface area contributed by atoms with E-state index in [1.54, 1.807) is 6.07 Å². The van der Waals surface area contributed by atoms with Crippen LogP contribution in [0.25, 0.3) is 0 Å². The van der Waals surface area contributed by atoms with E-state index in [1.807, 2.05) is 0 Å². The topological polar surface area (TPSA) is 55.0 Å².